The molecule has 1 saturated carbocycles. The molecule has 2 atom stereocenters. The Hall–Kier alpha value is -0.0400. The molecule has 0 aromatic rings. The van der Waals surface area contributed by atoms with Crippen molar-refractivity contribution in [3.8, 4) is 0 Å². The van der Waals surface area contributed by atoms with Crippen LogP contribution in [0.4, 0.5) is 0 Å². The van der Waals surface area contributed by atoms with Crippen LogP contribution in [-0.4, -0.2) is 13.1 Å². The highest BCUT2D eigenvalue weighted by Gasteiger charge is 2.22. The Bertz CT molecular complexity index is 178. The summed E-state index contributed by atoms with van der Waals surface area (Å²) < 4.78 is 0. The number of rotatable bonds is 9. The van der Waals surface area contributed by atoms with E-state index in [0.29, 0.717) is 0 Å². The summed E-state index contributed by atoms with van der Waals surface area (Å²) in [5.41, 5.74) is 0. The van der Waals surface area contributed by atoms with Gasteiger partial charge in [0.1, 0.15) is 0 Å². The SMILES string of the molecule is CCCCCCCC1CCCCCC1CNCC. The lowest BCUT2D eigenvalue weighted by molar-refractivity contribution is 0.277. The van der Waals surface area contributed by atoms with Gasteiger partial charge >= 0.3 is 0 Å². The van der Waals surface area contributed by atoms with E-state index in [1.807, 2.05) is 0 Å². The highest BCUT2D eigenvalue weighted by Crippen LogP contribution is 2.32. The van der Waals surface area contributed by atoms with Crippen LogP contribution in [0.2, 0.25) is 0 Å². The molecule has 0 aromatic heterocycles. The van der Waals surface area contributed by atoms with Crippen molar-refractivity contribution >= 4 is 0 Å². The van der Waals surface area contributed by atoms with Crippen LogP contribution in [0.3, 0.4) is 0 Å². The number of hydrogen-bond donors (Lipinski definition) is 1. The molecule has 1 rings (SSSR count). The Kier molecular flexibility index (Phi) is 9.65. The van der Waals surface area contributed by atoms with Crippen LogP contribution in [0, 0.1) is 11.8 Å². The second kappa shape index (κ2) is 10.8. The van der Waals surface area contributed by atoms with Gasteiger partial charge in [-0.25, -0.2) is 0 Å². The van der Waals surface area contributed by atoms with Crippen LogP contribution in [-0.2, 0) is 0 Å². The normalized spacial score (nSPS) is 25.0. The van der Waals surface area contributed by atoms with E-state index in [4.69, 9.17) is 0 Å². The molecule has 1 aliphatic rings. The molecule has 0 radical (unpaired) electrons. The smallest absolute Gasteiger partial charge is 0.00180 e. The van der Waals surface area contributed by atoms with Crippen LogP contribution in [0.15, 0.2) is 0 Å². The molecule has 1 fully saturated rings. The maximum Gasteiger partial charge on any atom is -0.00180 e. The summed E-state index contributed by atoms with van der Waals surface area (Å²) >= 11 is 0. The molecule has 1 heteroatoms. The Balaban J connectivity index is 2.23. The number of nitrogens with one attached hydrogen (secondary N) is 1. The van der Waals surface area contributed by atoms with Crippen LogP contribution < -0.4 is 5.32 Å². The molecule has 1 nitrogen and oxygen atoms in total. The summed E-state index contributed by atoms with van der Waals surface area (Å²) in [4.78, 5) is 0. The third kappa shape index (κ3) is 6.78. The Morgan fingerprint density at radius 2 is 1.56 bits per heavy atom. The third-order valence-electron chi connectivity index (χ3n) is 4.65. The van der Waals surface area contributed by atoms with Crippen molar-refractivity contribution in [2.24, 2.45) is 11.8 Å². The minimum atomic E-state index is 0.971. The quantitative estimate of drug-likeness (QED) is 0.442. The molecule has 0 aliphatic heterocycles. The van der Waals surface area contributed by atoms with Gasteiger partial charge in [-0.3, -0.25) is 0 Å². The average Bonchev–Trinajstić information content (AvgIpc) is 2.61. The van der Waals surface area contributed by atoms with Crippen molar-refractivity contribution in [3.05, 3.63) is 0 Å². The second-order valence-electron chi connectivity index (χ2n) is 6.17. The second-order valence-corrected chi connectivity index (χ2v) is 6.17. The van der Waals surface area contributed by atoms with Crippen LogP contribution in [0.5, 0.6) is 0 Å². The molecule has 0 bridgehead atoms. The fourth-order valence-corrected chi connectivity index (χ4v) is 3.45. The largest absolute Gasteiger partial charge is 0.317 e. The number of hydrogen-bond acceptors (Lipinski definition) is 1. The topological polar surface area (TPSA) is 12.0 Å². The van der Waals surface area contributed by atoms with Crippen molar-refractivity contribution in [1.29, 1.82) is 0 Å². The molecule has 108 valence electrons. The molecular weight excluding hydrogens is 218 g/mol. The zero-order valence-corrected chi connectivity index (χ0v) is 12.8. The molecule has 1 N–H and O–H groups in total. The predicted molar refractivity (Wildman–Crippen MR) is 82.0 cm³/mol. The number of unbranched alkanes of at least 4 members (excludes halogenated alkanes) is 4. The zero-order valence-electron chi connectivity index (χ0n) is 12.8. The molecule has 0 saturated heterocycles. The van der Waals surface area contributed by atoms with Crippen LogP contribution >= 0.6 is 0 Å². The first-order chi connectivity index (χ1) is 8.88. The van der Waals surface area contributed by atoms with E-state index in [-0.39, 0.29) is 0 Å². The van der Waals surface area contributed by atoms with E-state index in [0.717, 1.165) is 18.4 Å². The minimum Gasteiger partial charge on any atom is -0.317 e. The molecule has 0 amide bonds. The third-order valence-corrected chi connectivity index (χ3v) is 4.65. The van der Waals surface area contributed by atoms with Gasteiger partial charge in [0.05, 0.1) is 0 Å². The first-order valence-corrected chi connectivity index (χ1v) is 8.59. The van der Waals surface area contributed by atoms with Gasteiger partial charge < -0.3 is 5.32 Å². The lowest BCUT2D eigenvalue weighted by Crippen LogP contribution is -2.27. The molecule has 0 heterocycles. The van der Waals surface area contributed by atoms with Gasteiger partial charge in [-0.05, 0) is 31.3 Å². The van der Waals surface area contributed by atoms with Crippen LogP contribution in [0.25, 0.3) is 0 Å². The van der Waals surface area contributed by atoms with E-state index >= 15 is 0 Å². The Morgan fingerprint density at radius 1 is 0.833 bits per heavy atom. The summed E-state index contributed by atoms with van der Waals surface area (Å²) in [6, 6.07) is 0. The van der Waals surface area contributed by atoms with E-state index in [9.17, 15) is 0 Å². The molecule has 0 aromatic carbocycles. The van der Waals surface area contributed by atoms with Crippen LogP contribution in [0.1, 0.15) is 84.5 Å². The van der Waals surface area contributed by atoms with Crippen molar-refractivity contribution in [1.82, 2.24) is 5.32 Å². The van der Waals surface area contributed by atoms with E-state index in [1.165, 1.54) is 77.2 Å². The lowest BCUT2D eigenvalue weighted by atomic mass is 9.84. The average molecular weight is 253 g/mol. The van der Waals surface area contributed by atoms with Gasteiger partial charge in [-0.2, -0.15) is 0 Å². The van der Waals surface area contributed by atoms with Gasteiger partial charge in [0.2, 0.25) is 0 Å². The molecule has 1 aliphatic carbocycles. The summed E-state index contributed by atoms with van der Waals surface area (Å²) in [5, 5.41) is 3.59. The summed E-state index contributed by atoms with van der Waals surface area (Å²) in [6.45, 7) is 6.95. The fraction of sp³-hybridized carbons (Fsp3) is 1.00. The van der Waals surface area contributed by atoms with Crippen molar-refractivity contribution in [2.75, 3.05) is 13.1 Å². The molecular formula is C17H35N. The Morgan fingerprint density at radius 3 is 2.28 bits per heavy atom. The first kappa shape index (κ1) is 16.0. The van der Waals surface area contributed by atoms with Gasteiger partial charge in [-0.15, -0.1) is 0 Å². The lowest BCUT2D eigenvalue weighted by Gasteiger charge is -2.25. The van der Waals surface area contributed by atoms with Crippen molar-refractivity contribution in [3.63, 3.8) is 0 Å². The summed E-state index contributed by atoms with van der Waals surface area (Å²) in [7, 11) is 0. The van der Waals surface area contributed by atoms with Gasteiger partial charge in [-0.1, -0.05) is 78.1 Å². The standard InChI is InChI=1S/C17H35N/c1-3-5-6-7-9-12-16-13-10-8-11-14-17(16)15-18-4-2/h16-18H,3-15H2,1-2H3. The molecule has 2 unspecified atom stereocenters. The van der Waals surface area contributed by atoms with Gasteiger partial charge in [0.25, 0.3) is 0 Å². The van der Waals surface area contributed by atoms with E-state index in [2.05, 4.69) is 19.2 Å². The minimum absolute atomic E-state index is 0.971. The van der Waals surface area contributed by atoms with Gasteiger partial charge in [0, 0.05) is 0 Å². The first-order valence-electron chi connectivity index (χ1n) is 8.59. The monoisotopic (exact) mass is 253 g/mol. The van der Waals surface area contributed by atoms with E-state index < -0.39 is 0 Å². The molecule has 18 heavy (non-hydrogen) atoms. The molecule has 0 spiro atoms. The van der Waals surface area contributed by atoms with Crippen molar-refractivity contribution in [2.45, 2.75) is 84.5 Å². The summed E-state index contributed by atoms with van der Waals surface area (Å²) in [6.07, 6.45) is 16.1. The predicted octanol–water partition coefficient (Wildman–Crippen LogP) is 5.15. The van der Waals surface area contributed by atoms with E-state index in [1.54, 1.807) is 0 Å². The van der Waals surface area contributed by atoms with Crippen molar-refractivity contribution < 1.29 is 0 Å². The maximum absolute atomic E-state index is 3.59. The Labute approximate surface area is 115 Å². The highest BCUT2D eigenvalue weighted by atomic mass is 14.8. The van der Waals surface area contributed by atoms with Gasteiger partial charge in [0.15, 0.2) is 0 Å². The maximum atomic E-state index is 3.59. The fourth-order valence-electron chi connectivity index (χ4n) is 3.45. The highest BCUT2D eigenvalue weighted by molar-refractivity contribution is 4.75. The summed E-state index contributed by atoms with van der Waals surface area (Å²) in [5.74, 6) is 1.99. The zero-order chi connectivity index (χ0) is 13.1.